The molecule has 0 bridgehead atoms. The van der Waals surface area contributed by atoms with Crippen LogP contribution in [0, 0.1) is 20.8 Å². The number of hydrogen-bond acceptors (Lipinski definition) is 2. The maximum atomic E-state index is 5.75. The molecule has 2 nitrogen and oxygen atoms in total. The van der Waals surface area contributed by atoms with Crippen LogP contribution in [0.5, 0.6) is 5.75 Å². The molecule has 0 aromatic heterocycles. The van der Waals surface area contributed by atoms with E-state index in [4.69, 9.17) is 4.74 Å². The van der Waals surface area contributed by atoms with Gasteiger partial charge in [0.05, 0.1) is 6.61 Å². The molecule has 90 valence electrons. The number of anilines is 1. The van der Waals surface area contributed by atoms with Crippen molar-refractivity contribution in [1.29, 1.82) is 0 Å². The van der Waals surface area contributed by atoms with Gasteiger partial charge < -0.3 is 10.1 Å². The molecule has 2 heteroatoms. The Morgan fingerprint density at radius 1 is 1.12 bits per heavy atom. The summed E-state index contributed by atoms with van der Waals surface area (Å²) in [5, 5.41) is 3.41. The molecule has 0 aliphatic carbocycles. The summed E-state index contributed by atoms with van der Waals surface area (Å²) in [4.78, 5) is 0. The fourth-order valence-corrected chi connectivity index (χ4v) is 1.86. The molecular weight excluding hydrogens is 198 g/mol. The van der Waals surface area contributed by atoms with Crippen LogP contribution in [0.15, 0.2) is 6.07 Å². The van der Waals surface area contributed by atoms with Crippen LogP contribution in [-0.4, -0.2) is 13.2 Å². The van der Waals surface area contributed by atoms with Gasteiger partial charge in [-0.1, -0.05) is 6.92 Å². The van der Waals surface area contributed by atoms with Crippen LogP contribution in [0.4, 0.5) is 5.69 Å². The largest absolute Gasteiger partial charge is 0.493 e. The highest BCUT2D eigenvalue weighted by atomic mass is 16.5. The van der Waals surface area contributed by atoms with Crippen LogP contribution in [0.1, 0.15) is 37.0 Å². The van der Waals surface area contributed by atoms with Gasteiger partial charge in [-0.3, -0.25) is 0 Å². The SMILES string of the molecule is CCCOc1cc(C)c(NCC)c(C)c1C. The van der Waals surface area contributed by atoms with Crippen LogP contribution in [0.2, 0.25) is 0 Å². The molecule has 0 aliphatic heterocycles. The highest BCUT2D eigenvalue weighted by Crippen LogP contribution is 2.31. The lowest BCUT2D eigenvalue weighted by Crippen LogP contribution is -2.05. The molecular formula is C14H23NO. The second-order valence-electron chi connectivity index (χ2n) is 4.20. The van der Waals surface area contributed by atoms with E-state index in [1.807, 2.05) is 0 Å². The monoisotopic (exact) mass is 221 g/mol. The average Bonchev–Trinajstić information content (AvgIpc) is 2.27. The smallest absolute Gasteiger partial charge is 0.122 e. The van der Waals surface area contributed by atoms with Gasteiger partial charge in [0.15, 0.2) is 0 Å². The number of aryl methyl sites for hydroxylation is 1. The zero-order valence-electron chi connectivity index (χ0n) is 11.1. The number of nitrogens with one attached hydrogen (secondary N) is 1. The Morgan fingerprint density at radius 3 is 2.38 bits per heavy atom. The Morgan fingerprint density at radius 2 is 1.81 bits per heavy atom. The lowest BCUT2D eigenvalue weighted by Gasteiger charge is -2.17. The van der Waals surface area contributed by atoms with Crippen molar-refractivity contribution >= 4 is 5.69 Å². The maximum Gasteiger partial charge on any atom is 0.122 e. The molecule has 0 atom stereocenters. The predicted octanol–water partition coefficient (Wildman–Crippen LogP) is 3.83. The Kier molecular flexibility index (Phi) is 4.66. The normalized spacial score (nSPS) is 10.3. The van der Waals surface area contributed by atoms with E-state index in [0.29, 0.717) is 0 Å². The summed E-state index contributed by atoms with van der Waals surface area (Å²) in [6, 6.07) is 2.13. The summed E-state index contributed by atoms with van der Waals surface area (Å²) in [5.74, 6) is 1.03. The third-order valence-corrected chi connectivity index (χ3v) is 2.86. The molecule has 1 aromatic carbocycles. The van der Waals surface area contributed by atoms with Gasteiger partial charge in [-0.15, -0.1) is 0 Å². The molecule has 0 amide bonds. The van der Waals surface area contributed by atoms with E-state index < -0.39 is 0 Å². The predicted molar refractivity (Wildman–Crippen MR) is 70.6 cm³/mol. The van der Waals surface area contributed by atoms with Crippen molar-refractivity contribution in [2.24, 2.45) is 0 Å². The fraction of sp³-hybridized carbons (Fsp3) is 0.571. The Balaban J connectivity index is 3.06. The number of ether oxygens (including phenoxy) is 1. The summed E-state index contributed by atoms with van der Waals surface area (Å²) in [6.07, 6.45) is 1.05. The van der Waals surface area contributed by atoms with Gasteiger partial charge in [0.2, 0.25) is 0 Å². The Hall–Kier alpha value is -1.18. The van der Waals surface area contributed by atoms with Crippen molar-refractivity contribution in [2.45, 2.75) is 41.0 Å². The molecule has 0 fully saturated rings. The van der Waals surface area contributed by atoms with E-state index in [1.54, 1.807) is 0 Å². The van der Waals surface area contributed by atoms with Gasteiger partial charge in [0.25, 0.3) is 0 Å². The molecule has 16 heavy (non-hydrogen) atoms. The highest BCUT2D eigenvalue weighted by molar-refractivity contribution is 5.63. The highest BCUT2D eigenvalue weighted by Gasteiger charge is 2.10. The maximum absolute atomic E-state index is 5.75. The van der Waals surface area contributed by atoms with Crippen LogP contribution < -0.4 is 10.1 Å². The van der Waals surface area contributed by atoms with E-state index in [2.05, 4.69) is 46.0 Å². The van der Waals surface area contributed by atoms with Gasteiger partial charge in [-0.05, 0) is 56.9 Å². The summed E-state index contributed by atoms with van der Waals surface area (Å²) >= 11 is 0. The molecule has 0 spiro atoms. The number of hydrogen-bond donors (Lipinski definition) is 1. The first-order valence-electron chi connectivity index (χ1n) is 6.09. The van der Waals surface area contributed by atoms with E-state index in [1.165, 1.54) is 22.4 Å². The molecule has 0 unspecified atom stereocenters. The minimum atomic E-state index is 0.792. The zero-order valence-corrected chi connectivity index (χ0v) is 11.1. The van der Waals surface area contributed by atoms with E-state index in [9.17, 15) is 0 Å². The van der Waals surface area contributed by atoms with Gasteiger partial charge in [0.1, 0.15) is 5.75 Å². The number of benzene rings is 1. The first kappa shape index (κ1) is 12.9. The third-order valence-electron chi connectivity index (χ3n) is 2.86. The summed E-state index contributed by atoms with van der Waals surface area (Å²) in [6.45, 7) is 12.4. The molecule has 0 saturated carbocycles. The molecule has 0 heterocycles. The minimum Gasteiger partial charge on any atom is -0.493 e. The van der Waals surface area contributed by atoms with Gasteiger partial charge in [0, 0.05) is 12.2 Å². The van der Waals surface area contributed by atoms with Crippen LogP contribution in [-0.2, 0) is 0 Å². The van der Waals surface area contributed by atoms with Crippen LogP contribution in [0.3, 0.4) is 0 Å². The van der Waals surface area contributed by atoms with E-state index in [0.717, 1.165) is 25.3 Å². The van der Waals surface area contributed by atoms with Gasteiger partial charge in [-0.2, -0.15) is 0 Å². The molecule has 1 N–H and O–H groups in total. The van der Waals surface area contributed by atoms with Crippen molar-refractivity contribution in [3.05, 3.63) is 22.8 Å². The summed E-state index contributed by atoms with van der Waals surface area (Å²) in [5.41, 5.74) is 5.06. The van der Waals surface area contributed by atoms with Crippen LogP contribution in [0.25, 0.3) is 0 Å². The minimum absolute atomic E-state index is 0.792. The van der Waals surface area contributed by atoms with Crippen molar-refractivity contribution < 1.29 is 4.74 Å². The average molecular weight is 221 g/mol. The third kappa shape index (κ3) is 2.69. The second-order valence-corrected chi connectivity index (χ2v) is 4.20. The second kappa shape index (κ2) is 5.78. The lowest BCUT2D eigenvalue weighted by atomic mass is 10.0. The van der Waals surface area contributed by atoms with Crippen LogP contribution >= 0.6 is 0 Å². The van der Waals surface area contributed by atoms with Gasteiger partial charge in [-0.25, -0.2) is 0 Å². The topological polar surface area (TPSA) is 21.3 Å². The summed E-state index contributed by atoms with van der Waals surface area (Å²) in [7, 11) is 0. The Bertz CT molecular complexity index is 358. The first-order valence-corrected chi connectivity index (χ1v) is 6.09. The van der Waals surface area contributed by atoms with E-state index >= 15 is 0 Å². The number of rotatable bonds is 5. The molecule has 0 saturated heterocycles. The molecule has 1 rings (SSSR count). The van der Waals surface area contributed by atoms with Crippen molar-refractivity contribution in [3.8, 4) is 5.75 Å². The van der Waals surface area contributed by atoms with Crippen molar-refractivity contribution in [1.82, 2.24) is 0 Å². The first-order chi connectivity index (χ1) is 7.61. The van der Waals surface area contributed by atoms with Crippen molar-refractivity contribution in [3.63, 3.8) is 0 Å². The standard InChI is InChI=1S/C14H23NO/c1-6-8-16-13-9-10(3)14(15-7-2)12(5)11(13)4/h9,15H,6-8H2,1-5H3. The lowest BCUT2D eigenvalue weighted by molar-refractivity contribution is 0.315. The Labute approximate surface area is 99.0 Å². The summed E-state index contributed by atoms with van der Waals surface area (Å²) < 4.78 is 5.75. The molecule has 0 radical (unpaired) electrons. The van der Waals surface area contributed by atoms with E-state index in [-0.39, 0.29) is 0 Å². The zero-order chi connectivity index (χ0) is 12.1. The van der Waals surface area contributed by atoms with Gasteiger partial charge >= 0.3 is 0 Å². The fourth-order valence-electron chi connectivity index (χ4n) is 1.86. The van der Waals surface area contributed by atoms with Crippen molar-refractivity contribution in [2.75, 3.05) is 18.5 Å². The molecule has 0 aliphatic rings. The molecule has 1 aromatic rings. The quantitative estimate of drug-likeness (QED) is 0.815.